The number of hydrogen-bond acceptors (Lipinski definition) is 2. The van der Waals surface area contributed by atoms with Gasteiger partial charge in [-0.2, -0.15) is 13.2 Å². The fraction of sp³-hybridized carbons (Fsp3) is 0.0667. The van der Waals surface area contributed by atoms with E-state index in [2.05, 4.69) is 10.1 Å². The summed E-state index contributed by atoms with van der Waals surface area (Å²) in [5, 5.41) is 4.27. The number of aromatic nitrogens is 3. The lowest BCUT2D eigenvalue weighted by Crippen LogP contribution is -2.05. The third kappa shape index (κ3) is 2.79. The summed E-state index contributed by atoms with van der Waals surface area (Å²) in [4.78, 5) is 4.16. The monoisotopic (exact) mass is 289 g/mol. The van der Waals surface area contributed by atoms with Gasteiger partial charge in [0.15, 0.2) is 5.82 Å². The van der Waals surface area contributed by atoms with Gasteiger partial charge in [0.25, 0.3) is 0 Å². The molecule has 0 spiro atoms. The average Bonchev–Trinajstić information content (AvgIpc) is 2.97. The zero-order valence-electron chi connectivity index (χ0n) is 10.7. The highest BCUT2D eigenvalue weighted by atomic mass is 19.4. The van der Waals surface area contributed by atoms with E-state index in [1.165, 1.54) is 23.1 Å². The van der Waals surface area contributed by atoms with Gasteiger partial charge in [0.2, 0.25) is 0 Å². The van der Waals surface area contributed by atoms with Crippen LogP contribution in [0, 0.1) is 0 Å². The molecule has 0 amide bonds. The van der Waals surface area contributed by atoms with Gasteiger partial charge in [0.05, 0.1) is 11.3 Å². The Morgan fingerprint density at radius 1 is 0.857 bits per heavy atom. The largest absolute Gasteiger partial charge is 0.416 e. The Hall–Kier alpha value is -2.63. The Morgan fingerprint density at radius 3 is 2.14 bits per heavy atom. The smallest absolute Gasteiger partial charge is 0.220 e. The Labute approximate surface area is 118 Å². The summed E-state index contributed by atoms with van der Waals surface area (Å²) >= 11 is 0. The highest BCUT2D eigenvalue weighted by molar-refractivity contribution is 5.54. The molecule has 0 N–H and O–H groups in total. The summed E-state index contributed by atoms with van der Waals surface area (Å²) in [5.74, 6) is 0.524. The van der Waals surface area contributed by atoms with Crippen molar-refractivity contribution in [3.63, 3.8) is 0 Å². The molecular weight excluding hydrogens is 279 g/mol. The van der Waals surface area contributed by atoms with Crippen molar-refractivity contribution in [1.82, 2.24) is 14.8 Å². The molecule has 0 fully saturated rings. The molecule has 0 aliphatic carbocycles. The van der Waals surface area contributed by atoms with Gasteiger partial charge >= 0.3 is 6.18 Å². The molecule has 3 aromatic rings. The first kappa shape index (κ1) is 13.4. The molecule has 0 aliphatic heterocycles. The van der Waals surface area contributed by atoms with E-state index in [1.807, 2.05) is 30.3 Å². The van der Waals surface area contributed by atoms with Crippen molar-refractivity contribution >= 4 is 0 Å². The second-order valence-electron chi connectivity index (χ2n) is 4.42. The van der Waals surface area contributed by atoms with Crippen LogP contribution in [0.4, 0.5) is 13.2 Å². The normalized spacial score (nSPS) is 11.6. The lowest BCUT2D eigenvalue weighted by atomic mass is 10.2. The van der Waals surface area contributed by atoms with Crippen LogP contribution in [0.3, 0.4) is 0 Å². The van der Waals surface area contributed by atoms with Gasteiger partial charge in [-0.05, 0) is 24.3 Å². The van der Waals surface area contributed by atoms with Crippen molar-refractivity contribution in [2.75, 3.05) is 0 Å². The molecule has 2 aromatic carbocycles. The standard InChI is InChI=1S/C15H10F3N3/c16-15(17,18)12-6-8-13(9-7-12)21-10-19-14(20-21)11-4-2-1-3-5-11/h1-10H. The average molecular weight is 289 g/mol. The van der Waals surface area contributed by atoms with E-state index in [0.717, 1.165) is 17.7 Å². The summed E-state index contributed by atoms with van der Waals surface area (Å²) in [6.45, 7) is 0. The van der Waals surface area contributed by atoms with E-state index in [1.54, 1.807) is 0 Å². The summed E-state index contributed by atoms with van der Waals surface area (Å²) in [6, 6.07) is 14.1. The zero-order valence-corrected chi connectivity index (χ0v) is 10.7. The lowest BCUT2D eigenvalue weighted by Gasteiger charge is -2.07. The molecule has 0 saturated carbocycles. The molecule has 6 heteroatoms. The van der Waals surface area contributed by atoms with Crippen molar-refractivity contribution in [3.05, 3.63) is 66.5 Å². The number of rotatable bonds is 2. The third-order valence-electron chi connectivity index (χ3n) is 2.98. The number of hydrogen-bond donors (Lipinski definition) is 0. The zero-order chi connectivity index (χ0) is 14.9. The molecule has 0 saturated heterocycles. The number of halogens is 3. The summed E-state index contributed by atoms with van der Waals surface area (Å²) in [7, 11) is 0. The minimum absolute atomic E-state index is 0.524. The summed E-state index contributed by atoms with van der Waals surface area (Å²) < 4.78 is 39.0. The first-order chi connectivity index (χ1) is 10.0. The van der Waals surface area contributed by atoms with Crippen molar-refractivity contribution < 1.29 is 13.2 Å². The second kappa shape index (κ2) is 5.05. The van der Waals surface area contributed by atoms with Gasteiger partial charge in [0, 0.05) is 5.56 Å². The van der Waals surface area contributed by atoms with Gasteiger partial charge < -0.3 is 0 Å². The Kier molecular flexibility index (Phi) is 3.21. The van der Waals surface area contributed by atoms with Crippen molar-refractivity contribution in [3.8, 4) is 17.1 Å². The fourth-order valence-electron chi connectivity index (χ4n) is 1.91. The summed E-state index contributed by atoms with van der Waals surface area (Å²) in [5.41, 5.74) is 0.690. The number of benzene rings is 2. The van der Waals surface area contributed by atoms with Crippen LogP contribution in [0.1, 0.15) is 5.56 Å². The van der Waals surface area contributed by atoms with Crippen LogP contribution >= 0.6 is 0 Å². The van der Waals surface area contributed by atoms with E-state index < -0.39 is 11.7 Å². The molecular formula is C15H10F3N3. The lowest BCUT2D eigenvalue weighted by molar-refractivity contribution is -0.137. The van der Waals surface area contributed by atoms with E-state index in [4.69, 9.17) is 0 Å². The topological polar surface area (TPSA) is 30.7 Å². The highest BCUT2D eigenvalue weighted by Crippen LogP contribution is 2.29. The van der Waals surface area contributed by atoms with Gasteiger partial charge in [-0.3, -0.25) is 0 Å². The first-order valence-corrected chi connectivity index (χ1v) is 6.19. The third-order valence-corrected chi connectivity index (χ3v) is 2.98. The number of alkyl halides is 3. The Balaban J connectivity index is 1.90. The molecule has 0 unspecified atom stereocenters. The fourth-order valence-corrected chi connectivity index (χ4v) is 1.91. The Morgan fingerprint density at radius 2 is 1.52 bits per heavy atom. The maximum atomic E-state index is 12.5. The van der Waals surface area contributed by atoms with E-state index in [9.17, 15) is 13.2 Å². The van der Waals surface area contributed by atoms with Crippen LogP contribution < -0.4 is 0 Å². The SMILES string of the molecule is FC(F)(F)c1ccc(-n2cnc(-c3ccccc3)n2)cc1. The molecule has 0 atom stereocenters. The maximum Gasteiger partial charge on any atom is 0.416 e. The van der Waals surface area contributed by atoms with Crippen molar-refractivity contribution in [1.29, 1.82) is 0 Å². The minimum Gasteiger partial charge on any atom is -0.220 e. The van der Waals surface area contributed by atoms with E-state index in [0.29, 0.717) is 11.5 Å². The molecule has 0 radical (unpaired) electrons. The van der Waals surface area contributed by atoms with Gasteiger partial charge in [0.1, 0.15) is 6.33 Å². The molecule has 106 valence electrons. The molecule has 0 bridgehead atoms. The van der Waals surface area contributed by atoms with Gasteiger partial charge in [-0.25, -0.2) is 9.67 Å². The summed E-state index contributed by atoms with van der Waals surface area (Å²) in [6.07, 6.45) is -2.86. The van der Waals surface area contributed by atoms with E-state index in [-0.39, 0.29) is 0 Å². The molecule has 3 rings (SSSR count). The predicted molar refractivity (Wildman–Crippen MR) is 71.8 cm³/mol. The van der Waals surface area contributed by atoms with Gasteiger partial charge in [-0.15, -0.1) is 5.10 Å². The molecule has 21 heavy (non-hydrogen) atoms. The highest BCUT2D eigenvalue weighted by Gasteiger charge is 2.30. The first-order valence-electron chi connectivity index (χ1n) is 6.19. The van der Waals surface area contributed by atoms with Crippen LogP contribution in [0.25, 0.3) is 17.1 Å². The number of nitrogens with zero attached hydrogens (tertiary/aromatic N) is 3. The van der Waals surface area contributed by atoms with Crippen LogP contribution in [-0.2, 0) is 6.18 Å². The molecule has 3 nitrogen and oxygen atoms in total. The Bertz CT molecular complexity index is 731. The van der Waals surface area contributed by atoms with Crippen molar-refractivity contribution in [2.24, 2.45) is 0 Å². The van der Waals surface area contributed by atoms with Crippen LogP contribution in [0.15, 0.2) is 60.9 Å². The van der Waals surface area contributed by atoms with Crippen LogP contribution in [-0.4, -0.2) is 14.8 Å². The van der Waals surface area contributed by atoms with Crippen molar-refractivity contribution in [2.45, 2.75) is 6.18 Å². The van der Waals surface area contributed by atoms with Gasteiger partial charge in [-0.1, -0.05) is 30.3 Å². The van der Waals surface area contributed by atoms with Crippen LogP contribution in [0.2, 0.25) is 0 Å². The molecule has 1 heterocycles. The quantitative estimate of drug-likeness (QED) is 0.715. The predicted octanol–water partition coefficient (Wildman–Crippen LogP) is 3.95. The molecule has 1 aromatic heterocycles. The molecule has 0 aliphatic rings. The van der Waals surface area contributed by atoms with Crippen LogP contribution in [0.5, 0.6) is 0 Å². The van der Waals surface area contributed by atoms with E-state index >= 15 is 0 Å². The maximum absolute atomic E-state index is 12.5. The minimum atomic E-state index is -4.34. The second-order valence-corrected chi connectivity index (χ2v) is 4.42.